The molecule has 2 aromatic carbocycles. The second-order valence-corrected chi connectivity index (χ2v) is 9.11. The van der Waals surface area contributed by atoms with Crippen LogP contribution in [0.1, 0.15) is 17.9 Å². The van der Waals surface area contributed by atoms with E-state index in [0.717, 1.165) is 16.8 Å². The Morgan fingerprint density at radius 1 is 1.19 bits per heavy atom. The maximum absolute atomic E-state index is 13.1. The largest absolute Gasteiger partial charge is 0.497 e. The Morgan fingerprint density at radius 2 is 1.90 bits per heavy atom. The van der Waals surface area contributed by atoms with Crippen molar-refractivity contribution in [3.63, 3.8) is 0 Å². The number of halogens is 1. The van der Waals surface area contributed by atoms with E-state index in [-0.39, 0.29) is 24.0 Å². The molecule has 0 aromatic heterocycles. The molecule has 2 amide bonds. The van der Waals surface area contributed by atoms with Gasteiger partial charge in [0.2, 0.25) is 0 Å². The van der Waals surface area contributed by atoms with Crippen molar-refractivity contribution in [3.05, 3.63) is 58.6 Å². The molecule has 8 heteroatoms. The van der Waals surface area contributed by atoms with Crippen LogP contribution in [0.25, 0.3) is 0 Å². The summed E-state index contributed by atoms with van der Waals surface area (Å²) in [5.41, 5.74) is 8.05. The van der Waals surface area contributed by atoms with Gasteiger partial charge in [-0.1, -0.05) is 28.1 Å². The summed E-state index contributed by atoms with van der Waals surface area (Å²) in [6.45, 7) is 2.18. The van der Waals surface area contributed by atoms with Crippen molar-refractivity contribution in [2.45, 2.75) is 30.5 Å². The summed E-state index contributed by atoms with van der Waals surface area (Å²) in [7, 11) is 1.61. The number of nitrogens with two attached hydrogens (primary N) is 1. The van der Waals surface area contributed by atoms with Crippen LogP contribution in [0.15, 0.2) is 53.0 Å². The van der Waals surface area contributed by atoms with Crippen molar-refractivity contribution in [2.75, 3.05) is 38.6 Å². The average molecular weight is 489 g/mol. The smallest absolute Gasteiger partial charge is 0.321 e. The number of carbonyl (C=O) groups is 1. The number of anilines is 1. The first-order valence-electron chi connectivity index (χ1n) is 10.6. The second-order valence-electron chi connectivity index (χ2n) is 8.19. The fourth-order valence-electron chi connectivity index (χ4n) is 4.76. The van der Waals surface area contributed by atoms with Crippen LogP contribution in [-0.2, 0) is 0 Å². The van der Waals surface area contributed by atoms with Crippen molar-refractivity contribution in [1.29, 1.82) is 0 Å². The monoisotopic (exact) mass is 488 g/mol. The Hall–Kier alpha value is -2.13. The van der Waals surface area contributed by atoms with Crippen LogP contribution in [0, 0.1) is 0 Å². The standard InChI is InChI=1S/C23H29BrN4O3/c1-31-19-8-6-17(7-9-19)26-23(30)27-13-18(29)10-11-28-20(12-25)22(21(28)14-27)15-2-4-16(24)5-3-15/h2-9,18,20-22,29H,10-14,25H2,1H3,(H,26,30)/t18?,20-,21?,22?/m1/s1. The Balaban J connectivity index is 1.52. The van der Waals surface area contributed by atoms with Gasteiger partial charge in [0.15, 0.2) is 0 Å². The highest BCUT2D eigenvalue weighted by Gasteiger charge is 2.49. The topological polar surface area (TPSA) is 91.1 Å². The number of amides is 2. The minimum atomic E-state index is -0.562. The molecule has 0 saturated carbocycles. The van der Waals surface area contributed by atoms with Gasteiger partial charge in [0, 0.05) is 54.3 Å². The summed E-state index contributed by atoms with van der Waals surface area (Å²) < 4.78 is 6.22. The third-order valence-electron chi connectivity index (χ3n) is 6.37. The van der Waals surface area contributed by atoms with Crippen molar-refractivity contribution in [1.82, 2.24) is 9.80 Å². The molecule has 2 aliphatic rings. The second kappa shape index (κ2) is 9.56. The number of nitrogens with zero attached hydrogens (tertiary/aromatic N) is 2. The first-order chi connectivity index (χ1) is 15.0. The van der Waals surface area contributed by atoms with Crippen LogP contribution in [0.3, 0.4) is 0 Å². The van der Waals surface area contributed by atoms with Crippen LogP contribution in [-0.4, -0.2) is 72.4 Å². The highest BCUT2D eigenvalue weighted by molar-refractivity contribution is 9.10. The van der Waals surface area contributed by atoms with Gasteiger partial charge >= 0.3 is 6.03 Å². The van der Waals surface area contributed by atoms with Crippen molar-refractivity contribution >= 4 is 27.6 Å². The Labute approximate surface area is 191 Å². The van der Waals surface area contributed by atoms with Crippen molar-refractivity contribution in [2.24, 2.45) is 5.73 Å². The van der Waals surface area contributed by atoms with Gasteiger partial charge in [0.05, 0.1) is 13.2 Å². The molecule has 2 saturated heterocycles. The van der Waals surface area contributed by atoms with Crippen LogP contribution >= 0.6 is 15.9 Å². The Bertz CT molecular complexity index is 893. The highest BCUT2D eigenvalue weighted by Crippen LogP contribution is 2.42. The number of nitrogens with one attached hydrogen (secondary N) is 1. The van der Waals surface area contributed by atoms with E-state index in [1.165, 1.54) is 5.56 Å². The van der Waals surface area contributed by atoms with E-state index in [2.05, 4.69) is 38.3 Å². The van der Waals surface area contributed by atoms with Crippen LogP contribution in [0.4, 0.5) is 10.5 Å². The van der Waals surface area contributed by atoms with Gasteiger partial charge in [0.1, 0.15) is 5.75 Å². The summed E-state index contributed by atoms with van der Waals surface area (Å²) >= 11 is 3.50. The maximum Gasteiger partial charge on any atom is 0.321 e. The van der Waals surface area contributed by atoms with Gasteiger partial charge in [-0.05, 0) is 48.4 Å². The number of rotatable bonds is 4. The molecule has 4 N–H and O–H groups in total. The van der Waals surface area contributed by atoms with Gasteiger partial charge in [-0.2, -0.15) is 0 Å². The van der Waals surface area contributed by atoms with Gasteiger partial charge in [-0.25, -0.2) is 4.79 Å². The molecule has 7 nitrogen and oxygen atoms in total. The van der Waals surface area contributed by atoms with E-state index in [0.29, 0.717) is 31.7 Å². The number of hydrogen-bond donors (Lipinski definition) is 3. The molecule has 0 bridgehead atoms. The number of methoxy groups -OCH3 is 1. The molecule has 2 aliphatic heterocycles. The number of β-amino-alcohol motifs (C(OH)–C–C–N with tert-alkyl or cyclic N) is 1. The number of fused-ring (bicyclic) bond motifs is 1. The molecule has 31 heavy (non-hydrogen) atoms. The van der Waals surface area contributed by atoms with E-state index in [1.54, 1.807) is 24.1 Å². The van der Waals surface area contributed by atoms with E-state index in [9.17, 15) is 9.90 Å². The summed E-state index contributed by atoms with van der Waals surface area (Å²) in [6, 6.07) is 15.8. The zero-order chi connectivity index (χ0) is 22.0. The van der Waals surface area contributed by atoms with Crippen LogP contribution < -0.4 is 15.8 Å². The molecule has 4 atom stereocenters. The number of carbonyl (C=O) groups excluding carboxylic acids is 1. The number of ether oxygens (including phenoxy) is 1. The zero-order valence-corrected chi connectivity index (χ0v) is 19.2. The highest BCUT2D eigenvalue weighted by atomic mass is 79.9. The summed E-state index contributed by atoms with van der Waals surface area (Å²) in [5.74, 6) is 0.986. The fourth-order valence-corrected chi connectivity index (χ4v) is 5.03. The van der Waals surface area contributed by atoms with Crippen molar-refractivity contribution < 1.29 is 14.6 Å². The normalized spacial score (nSPS) is 26.3. The molecule has 4 rings (SSSR count). The molecule has 2 heterocycles. The molecule has 166 valence electrons. The Kier molecular flexibility index (Phi) is 6.81. The first kappa shape index (κ1) is 22.1. The quantitative estimate of drug-likeness (QED) is 0.615. The van der Waals surface area contributed by atoms with Gasteiger partial charge < -0.3 is 25.8 Å². The van der Waals surface area contributed by atoms with Gasteiger partial charge in [0.25, 0.3) is 0 Å². The lowest BCUT2D eigenvalue weighted by Gasteiger charge is -2.57. The van der Waals surface area contributed by atoms with E-state index < -0.39 is 6.10 Å². The molecule has 0 aliphatic carbocycles. The SMILES string of the molecule is COc1ccc(NC(=O)N2CC(O)CCN3C(C2)C(c2ccc(Br)cc2)[C@H]3CN)cc1. The minimum absolute atomic E-state index is 0.170. The number of hydrogen-bond acceptors (Lipinski definition) is 5. The maximum atomic E-state index is 13.1. The van der Waals surface area contributed by atoms with E-state index >= 15 is 0 Å². The van der Waals surface area contributed by atoms with Crippen LogP contribution in [0.5, 0.6) is 5.75 Å². The minimum Gasteiger partial charge on any atom is -0.497 e. The van der Waals surface area contributed by atoms with E-state index in [4.69, 9.17) is 10.5 Å². The molecular formula is C23H29BrN4O3. The molecule has 2 aromatic rings. The number of benzene rings is 2. The fraction of sp³-hybridized carbons (Fsp3) is 0.435. The van der Waals surface area contributed by atoms with Crippen LogP contribution in [0.2, 0.25) is 0 Å². The van der Waals surface area contributed by atoms with Gasteiger partial charge in [-0.3, -0.25) is 4.90 Å². The zero-order valence-electron chi connectivity index (χ0n) is 17.6. The molecule has 0 radical (unpaired) electrons. The van der Waals surface area contributed by atoms with E-state index in [1.807, 2.05) is 24.3 Å². The third kappa shape index (κ3) is 4.72. The van der Waals surface area contributed by atoms with Gasteiger partial charge in [-0.15, -0.1) is 0 Å². The summed E-state index contributed by atoms with van der Waals surface area (Å²) in [4.78, 5) is 17.1. The lowest BCUT2D eigenvalue weighted by Crippen LogP contribution is -2.69. The molecule has 3 unspecified atom stereocenters. The number of urea groups is 1. The predicted molar refractivity (Wildman–Crippen MR) is 124 cm³/mol. The first-order valence-corrected chi connectivity index (χ1v) is 11.4. The third-order valence-corrected chi connectivity index (χ3v) is 6.89. The Morgan fingerprint density at radius 3 is 2.55 bits per heavy atom. The lowest BCUT2D eigenvalue weighted by atomic mass is 9.74. The van der Waals surface area contributed by atoms with Crippen molar-refractivity contribution in [3.8, 4) is 5.75 Å². The average Bonchev–Trinajstić information content (AvgIpc) is 2.76. The molecule has 0 spiro atoms. The lowest BCUT2D eigenvalue weighted by molar-refractivity contribution is -0.0492. The molecular weight excluding hydrogens is 460 g/mol. The number of aliphatic hydroxyl groups is 1. The summed E-state index contributed by atoms with van der Waals surface area (Å²) in [5, 5.41) is 13.4. The summed E-state index contributed by atoms with van der Waals surface area (Å²) in [6.07, 6.45) is 0.0551. The molecule has 2 fully saturated rings. The number of aliphatic hydroxyl groups excluding tert-OH is 1. The predicted octanol–water partition coefficient (Wildman–Crippen LogP) is 2.85.